The van der Waals surface area contributed by atoms with E-state index in [-0.39, 0.29) is 27.8 Å². The molecular weight excluding hydrogens is 552 g/mol. The predicted octanol–water partition coefficient (Wildman–Crippen LogP) is 3.61. The van der Waals surface area contributed by atoms with Crippen molar-refractivity contribution in [2.45, 2.75) is 5.92 Å². The molecular formula is C30H20O12. The summed E-state index contributed by atoms with van der Waals surface area (Å²) in [6.07, 6.45) is 4.52. The lowest BCUT2D eigenvalue weighted by Gasteiger charge is -2.22. The molecule has 1 aliphatic rings. The van der Waals surface area contributed by atoms with Gasteiger partial charge in [-0.15, -0.1) is 0 Å². The first-order valence-electron chi connectivity index (χ1n) is 11.9. The molecule has 12 heteroatoms. The number of carbonyl (C=O) groups excluding carboxylic acids is 1. The summed E-state index contributed by atoms with van der Waals surface area (Å²) in [7, 11) is 0. The molecule has 0 fully saturated rings. The lowest BCUT2D eigenvalue weighted by molar-refractivity contribution is -0.134. The van der Waals surface area contributed by atoms with Crippen LogP contribution >= 0.6 is 0 Å². The molecule has 12 nitrogen and oxygen atoms in total. The van der Waals surface area contributed by atoms with Crippen molar-refractivity contribution < 1.29 is 59.7 Å². The quantitative estimate of drug-likeness (QED) is 0.152. The highest BCUT2D eigenvalue weighted by molar-refractivity contribution is 6.22. The van der Waals surface area contributed by atoms with E-state index >= 15 is 0 Å². The number of rotatable bonds is 8. The number of carbonyl (C=O) groups is 5. The number of hydrogen-bond donors (Lipinski definition) is 7. The number of phenols is 3. The Balaban J connectivity index is 2.03. The molecule has 0 unspecified atom stereocenters. The second-order valence-corrected chi connectivity index (χ2v) is 9.11. The van der Waals surface area contributed by atoms with Crippen LogP contribution in [-0.2, 0) is 9.59 Å². The molecule has 4 rings (SSSR count). The van der Waals surface area contributed by atoms with Gasteiger partial charge in [-0.3, -0.25) is 4.79 Å². The predicted molar refractivity (Wildman–Crippen MR) is 144 cm³/mol. The Morgan fingerprint density at radius 2 is 1.12 bits per heavy atom. The summed E-state index contributed by atoms with van der Waals surface area (Å²) in [6, 6.07) is 9.48. The van der Waals surface area contributed by atoms with Crippen LogP contribution in [0.5, 0.6) is 17.2 Å². The summed E-state index contributed by atoms with van der Waals surface area (Å²) in [5, 5.41) is 69.2. The van der Waals surface area contributed by atoms with Gasteiger partial charge in [0.1, 0.15) is 39.5 Å². The third-order valence-corrected chi connectivity index (χ3v) is 6.45. The van der Waals surface area contributed by atoms with E-state index < -0.39 is 75.1 Å². The third kappa shape index (κ3) is 5.58. The van der Waals surface area contributed by atoms with Crippen molar-refractivity contribution in [3.8, 4) is 17.2 Å². The lowest BCUT2D eigenvalue weighted by Crippen LogP contribution is -2.12. The van der Waals surface area contributed by atoms with Crippen LogP contribution < -0.4 is 0 Å². The highest BCUT2D eigenvalue weighted by atomic mass is 16.4. The van der Waals surface area contributed by atoms with Gasteiger partial charge >= 0.3 is 23.9 Å². The standard InChI is InChI=1S/C30H20O12/c31-22-4-1-13(8-18(22)27(35)36)7-17-9-16(12-21(26(17)34)30(41)42)25(14-2-5-23(32)19(10-14)28(37)38)15-3-6-24(33)20(11-15)29(39)40/h1-12,25,32-34H,(H,35,36)(H,37,38)(H,39,40)(H,41,42)/b13-7-. The molecule has 212 valence electrons. The Kier molecular flexibility index (Phi) is 7.64. The van der Waals surface area contributed by atoms with E-state index in [0.717, 1.165) is 42.5 Å². The largest absolute Gasteiger partial charge is 0.507 e. The summed E-state index contributed by atoms with van der Waals surface area (Å²) in [5.41, 5.74) is -1.71. The Morgan fingerprint density at radius 3 is 1.60 bits per heavy atom. The topological polar surface area (TPSA) is 227 Å². The van der Waals surface area contributed by atoms with Crippen molar-refractivity contribution >= 4 is 35.7 Å². The zero-order chi connectivity index (χ0) is 30.9. The minimum Gasteiger partial charge on any atom is -0.507 e. The molecule has 0 atom stereocenters. The summed E-state index contributed by atoms with van der Waals surface area (Å²) in [6.45, 7) is 0. The molecule has 0 amide bonds. The molecule has 0 saturated carbocycles. The number of hydrogen-bond acceptors (Lipinski definition) is 8. The summed E-state index contributed by atoms with van der Waals surface area (Å²) < 4.78 is 0. The molecule has 0 spiro atoms. The number of carboxylic acid groups (broad SMARTS) is 4. The SMILES string of the molecule is O=C(O)C1=C/C(=C\c2cc(C(c3ccc(O)c(C(=O)O)c3)c3ccc(O)c(C(=O)O)c3)cc(C(=O)O)c2O)C=CC1=O. The summed E-state index contributed by atoms with van der Waals surface area (Å²) in [4.78, 5) is 59.0. The van der Waals surface area contributed by atoms with Gasteiger partial charge in [0.15, 0.2) is 5.78 Å². The molecule has 0 aliphatic heterocycles. The van der Waals surface area contributed by atoms with Crippen molar-refractivity contribution in [1.82, 2.24) is 0 Å². The highest BCUT2D eigenvalue weighted by Crippen LogP contribution is 2.39. The Bertz CT molecular complexity index is 1730. The van der Waals surface area contributed by atoms with Gasteiger partial charge in [-0.05, 0) is 76.9 Å². The Morgan fingerprint density at radius 1 is 0.619 bits per heavy atom. The van der Waals surface area contributed by atoms with Crippen LogP contribution in [0, 0.1) is 0 Å². The van der Waals surface area contributed by atoms with E-state index in [1.807, 2.05) is 0 Å². The van der Waals surface area contributed by atoms with Crippen LogP contribution in [0.1, 0.15) is 59.2 Å². The van der Waals surface area contributed by atoms with Crippen molar-refractivity contribution in [3.05, 3.63) is 117 Å². The third-order valence-electron chi connectivity index (χ3n) is 6.45. The monoisotopic (exact) mass is 572 g/mol. The number of ketones is 1. The molecule has 0 aromatic heterocycles. The molecule has 42 heavy (non-hydrogen) atoms. The van der Waals surface area contributed by atoms with E-state index in [9.17, 15) is 59.7 Å². The molecule has 0 radical (unpaired) electrons. The average molecular weight is 572 g/mol. The lowest BCUT2D eigenvalue weighted by atomic mass is 9.82. The van der Waals surface area contributed by atoms with E-state index in [4.69, 9.17) is 0 Å². The maximum Gasteiger partial charge on any atom is 0.339 e. The van der Waals surface area contributed by atoms with Crippen LogP contribution in [0.3, 0.4) is 0 Å². The fraction of sp³-hybridized carbons (Fsp3) is 0.0333. The molecule has 0 heterocycles. The number of allylic oxidation sites excluding steroid dienone is 4. The molecule has 0 bridgehead atoms. The first-order chi connectivity index (χ1) is 19.8. The molecule has 3 aromatic carbocycles. The van der Waals surface area contributed by atoms with E-state index in [2.05, 4.69) is 0 Å². The second-order valence-electron chi connectivity index (χ2n) is 9.11. The van der Waals surface area contributed by atoms with Crippen molar-refractivity contribution in [1.29, 1.82) is 0 Å². The van der Waals surface area contributed by atoms with E-state index in [1.54, 1.807) is 0 Å². The molecule has 1 aliphatic carbocycles. The maximum absolute atomic E-state index is 12.1. The molecule has 7 N–H and O–H groups in total. The zero-order valence-electron chi connectivity index (χ0n) is 21.2. The molecule has 3 aromatic rings. The highest BCUT2D eigenvalue weighted by Gasteiger charge is 2.26. The minimum atomic E-state index is -1.56. The number of aromatic carboxylic acids is 3. The minimum absolute atomic E-state index is 0.111. The first kappa shape index (κ1) is 28.8. The van der Waals surface area contributed by atoms with Crippen molar-refractivity contribution in [2.75, 3.05) is 0 Å². The normalized spacial score (nSPS) is 13.7. The van der Waals surface area contributed by atoms with Crippen molar-refractivity contribution in [2.24, 2.45) is 0 Å². The average Bonchev–Trinajstić information content (AvgIpc) is 2.92. The zero-order valence-corrected chi connectivity index (χ0v) is 21.2. The van der Waals surface area contributed by atoms with E-state index in [1.165, 1.54) is 30.4 Å². The van der Waals surface area contributed by atoms with Crippen LogP contribution in [0.25, 0.3) is 6.08 Å². The van der Waals surface area contributed by atoms with Gasteiger partial charge in [0.2, 0.25) is 0 Å². The Hall–Kier alpha value is -6.17. The summed E-state index contributed by atoms with van der Waals surface area (Å²) in [5.74, 6) is -9.73. The van der Waals surface area contributed by atoms with Gasteiger partial charge in [0.05, 0.1) is 0 Å². The first-order valence-corrected chi connectivity index (χ1v) is 11.9. The Labute approximate surface area is 235 Å². The number of benzene rings is 3. The van der Waals surface area contributed by atoms with Gasteiger partial charge in [-0.2, -0.15) is 0 Å². The fourth-order valence-corrected chi connectivity index (χ4v) is 4.49. The van der Waals surface area contributed by atoms with Gasteiger partial charge < -0.3 is 35.7 Å². The van der Waals surface area contributed by atoms with Crippen LogP contribution in [0.4, 0.5) is 0 Å². The van der Waals surface area contributed by atoms with Crippen LogP contribution in [0.2, 0.25) is 0 Å². The van der Waals surface area contributed by atoms with Gasteiger partial charge in [0, 0.05) is 11.5 Å². The smallest absolute Gasteiger partial charge is 0.339 e. The number of carboxylic acids is 4. The molecule has 0 saturated heterocycles. The van der Waals surface area contributed by atoms with Gasteiger partial charge in [-0.1, -0.05) is 18.2 Å². The van der Waals surface area contributed by atoms with Gasteiger partial charge in [-0.25, -0.2) is 19.2 Å². The summed E-state index contributed by atoms with van der Waals surface area (Å²) >= 11 is 0. The number of aromatic hydroxyl groups is 3. The number of aliphatic carboxylic acids is 1. The van der Waals surface area contributed by atoms with Crippen LogP contribution in [0.15, 0.2) is 77.9 Å². The van der Waals surface area contributed by atoms with E-state index in [0.29, 0.717) is 0 Å². The fourth-order valence-electron chi connectivity index (χ4n) is 4.49. The van der Waals surface area contributed by atoms with Gasteiger partial charge in [0.25, 0.3) is 0 Å². The van der Waals surface area contributed by atoms with Crippen molar-refractivity contribution in [3.63, 3.8) is 0 Å². The second kappa shape index (κ2) is 11.1. The maximum atomic E-state index is 12.1. The van der Waals surface area contributed by atoms with Crippen LogP contribution in [-0.4, -0.2) is 65.4 Å².